The van der Waals surface area contributed by atoms with Crippen molar-refractivity contribution in [2.45, 2.75) is 13.3 Å². The SMILES string of the molecule is Cc1ccc(F)c(Oc2cc(N3CCCNCC3)ncn2)c1. The number of hydrogen-bond donors (Lipinski definition) is 1. The van der Waals surface area contributed by atoms with Crippen molar-refractivity contribution < 1.29 is 9.13 Å². The molecule has 116 valence electrons. The molecule has 1 fully saturated rings. The Kier molecular flexibility index (Phi) is 4.48. The third kappa shape index (κ3) is 3.51. The van der Waals surface area contributed by atoms with Gasteiger partial charge in [0.05, 0.1) is 0 Å². The van der Waals surface area contributed by atoms with E-state index in [0.717, 1.165) is 44.0 Å². The molecule has 5 nitrogen and oxygen atoms in total. The quantitative estimate of drug-likeness (QED) is 0.944. The molecule has 1 aromatic heterocycles. The van der Waals surface area contributed by atoms with Crippen LogP contribution in [0.2, 0.25) is 0 Å². The third-order valence-corrected chi connectivity index (χ3v) is 3.59. The molecule has 1 aliphatic rings. The zero-order chi connectivity index (χ0) is 15.4. The van der Waals surface area contributed by atoms with E-state index in [4.69, 9.17) is 4.74 Å². The number of hydrogen-bond acceptors (Lipinski definition) is 5. The normalized spacial score (nSPS) is 15.5. The van der Waals surface area contributed by atoms with Gasteiger partial charge < -0.3 is 15.0 Å². The van der Waals surface area contributed by atoms with Gasteiger partial charge in [-0.3, -0.25) is 0 Å². The van der Waals surface area contributed by atoms with Crippen molar-refractivity contribution in [3.63, 3.8) is 0 Å². The second kappa shape index (κ2) is 6.70. The highest BCUT2D eigenvalue weighted by Gasteiger charge is 2.13. The van der Waals surface area contributed by atoms with Crippen LogP contribution in [0.25, 0.3) is 0 Å². The lowest BCUT2D eigenvalue weighted by Crippen LogP contribution is -2.28. The lowest BCUT2D eigenvalue weighted by atomic mass is 10.2. The number of aryl methyl sites for hydroxylation is 1. The number of aromatic nitrogens is 2. The zero-order valence-corrected chi connectivity index (χ0v) is 12.6. The summed E-state index contributed by atoms with van der Waals surface area (Å²) in [5.74, 6) is 0.945. The smallest absolute Gasteiger partial charge is 0.224 e. The van der Waals surface area contributed by atoms with E-state index in [1.807, 2.05) is 6.92 Å². The molecule has 0 radical (unpaired) electrons. The van der Waals surface area contributed by atoms with E-state index < -0.39 is 5.82 Å². The summed E-state index contributed by atoms with van der Waals surface area (Å²) >= 11 is 0. The lowest BCUT2D eigenvalue weighted by molar-refractivity contribution is 0.426. The van der Waals surface area contributed by atoms with E-state index in [1.165, 1.54) is 12.4 Å². The minimum absolute atomic E-state index is 0.183. The molecule has 0 amide bonds. The maximum Gasteiger partial charge on any atom is 0.224 e. The van der Waals surface area contributed by atoms with Gasteiger partial charge in [-0.05, 0) is 37.6 Å². The van der Waals surface area contributed by atoms with Crippen LogP contribution in [-0.2, 0) is 0 Å². The molecule has 2 aromatic rings. The third-order valence-electron chi connectivity index (χ3n) is 3.59. The predicted molar refractivity (Wildman–Crippen MR) is 82.9 cm³/mol. The second-order valence-electron chi connectivity index (χ2n) is 5.34. The van der Waals surface area contributed by atoms with Gasteiger partial charge in [0.2, 0.25) is 5.88 Å². The largest absolute Gasteiger partial charge is 0.436 e. The Hall–Kier alpha value is -2.21. The summed E-state index contributed by atoms with van der Waals surface area (Å²) in [5, 5.41) is 3.35. The molecule has 0 saturated carbocycles. The van der Waals surface area contributed by atoms with Crippen molar-refractivity contribution in [2.75, 3.05) is 31.1 Å². The zero-order valence-electron chi connectivity index (χ0n) is 12.6. The Morgan fingerprint density at radius 1 is 1.18 bits per heavy atom. The van der Waals surface area contributed by atoms with Gasteiger partial charge in [0.15, 0.2) is 11.6 Å². The van der Waals surface area contributed by atoms with Crippen LogP contribution in [-0.4, -0.2) is 36.1 Å². The van der Waals surface area contributed by atoms with Gasteiger partial charge in [0.1, 0.15) is 12.1 Å². The number of halogens is 1. The number of anilines is 1. The molecule has 0 bridgehead atoms. The molecule has 6 heteroatoms. The Morgan fingerprint density at radius 2 is 2.09 bits per heavy atom. The first kappa shape index (κ1) is 14.7. The van der Waals surface area contributed by atoms with Crippen molar-refractivity contribution >= 4 is 5.82 Å². The highest BCUT2D eigenvalue weighted by molar-refractivity contribution is 5.42. The first-order valence-corrected chi connectivity index (χ1v) is 7.44. The van der Waals surface area contributed by atoms with Crippen LogP contribution in [0.5, 0.6) is 11.6 Å². The summed E-state index contributed by atoms with van der Waals surface area (Å²) in [4.78, 5) is 10.6. The summed E-state index contributed by atoms with van der Waals surface area (Å²) in [7, 11) is 0. The van der Waals surface area contributed by atoms with Gasteiger partial charge >= 0.3 is 0 Å². The minimum Gasteiger partial charge on any atom is -0.436 e. The monoisotopic (exact) mass is 302 g/mol. The summed E-state index contributed by atoms with van der Waals surface area (Å²) < 4.78 is 19.4. The molecular weight excluding hydrogens is 283 g/mol. The molecule has 1 aliphatic heterocycles. The Morgan fingerprint density at radius 3 is 3.00 bits per heavy atom. The molecular formula is C16H19FN4O. The number of nitrogens with zero attached hydrogens (tertiary/aromatic N) is 3. The van der Waals surface area contributed by atoms with E-state index in [0.29, 0.717) is 5.88 Å². The molecule has 0 aliphatic carbocycles. The van der Waals surface area contributed by atoms with Gasteiger partial charge in [-0.25, -0.2) is 14.4 Å². The van der Waals surface area contributed by atoms with E-state index in [2.05, 4.69) is 20.2 Å². The first-order valence-electron chi connectivity index (χ1n) is 7.44. The van der Waals surface area contributed by atoms with Crippen molar-refractivity contribution in [1.29, 1.82) is 0 Å². The molecule has 22 heavy (non-hydrogen) atoms. The molecule has 1 aromatic carbocycles. The van der Waals surface area contributed by atoms with Crippen LogP contribution in [0.3, 0.4) is 0 Å². The van der Waals surface area contributed by atoms with Gasteiger partial charge in [-0.15, -0.1) is 0 Å². The second-order valence-corrected chi connectivity index (χ2v) is 5.34. The molecule has 1 saturated heterocycles. The van der Waals surface area contributed by atoms with Gasteiger partial charge in [-0.1, -0.05) is 6.07 Å². The average molecular weight is 302 g/mol. The molecule has 3 rings (SSSR count). The van der Waals surface area contributed by atoms with E-state index >= 15 is 0 Å². The summed E-state index contributed by atoms with van der Waals surface area (Å²) in [6, 6.07) is 6.52. The van der Waals surface area contributed by atoms with Crippen LogP contribution in [0.1, 0.15) is 12.0 Å². The maximum atomic E-state index is 13.8. The topological polar surface area (TPSA) is 50.3 Å². The van der Waals surface area contributed by atoms with E-state index in [-0.39, 0.29) is 5.75 Å². The van der Waals surface area contributed by atoms with Crippen molar-refractivity contribution in [3.05, 3.63) is 42.0 Å². The van der Waals surface area contributed by atoms with Crippen molar-refractivity contribution in [1.82, 2.24) is 15.3 Å². The highest BCUT2D eigenvalue weighted by atomic mass is 19.1. The molecule has 0 atom stereocenters. The highest BCUT2D eigenvalue weighted by Crippen LogP contribution is 2.25. The van der Waals surface area contributed by atoms with Gasteiger partial charge in [0.25, 0.3) is 0 Å². The Bertz CT molecular complexity index is 642. The maximum absolute atomic E-state index is 13.8. The first-order chi connectivity index (χ1) is 10.7. The van der Waals surface area contributed by atoms with Crippen molar-refractivity contribution in [2.24, 2.45) is 0 Å². The lowest BCUT2D eigenvalue weighted by Gasteiger charge is -2.21. The fourth-order valence-electron chi connectivity index (χ4n) is 2.43. The predicted octanol–water partition coefficient (Wildman–Crippen LogP) is 2.52. The number of ether oxygens (including phenoxy) is 1. The van der Waals surface area contributed by atoms with E-state index in [1.54, 1.807) is 18.2 Å². The summed E-state index contributed by atoms with van der Waals surface area (Å²) in [6.07, 6.45) is 2.52. The molecule has 1 N–H and O–H groups in total. The van der Waals surface area contributed by atoms with Crippen LogP contribution in [0, 0.1) is 12.7 Å². The van der Waals surface area contributed by atoms with Crippen molar-refractivity contribution in [3.8, 4) is 11.6 Å². The van der Waals surface area contributed by atoms with Crippen LogP contribution >= 0.6 is 0 Å². The van der Waals surface area contributed by atoms with Crippen LogP contribution in [0.15, 0.2) is 30.6 Å². The fraction of sp³-hybridized carbons (Fsp3) is 0.375. The average Bonchev–Trinajstić information content (AvgIpc) is 2.80. The fourth-order valence-corrected chi connectivity index (χ4v) is 2.43. The van der Waals surface area contributed by atoms with Gasteiger partial charge in [-0.2, -0.15) is 0 Å². The summed E-state index contributed by atoms with van der Waals surface area (Å²) in [6.45, 7) is 5.64. The van der Waals surface area contributed by atoms with Crippen LogP contribution < -0.4 is 15.0 Å². The van der Waals surface area contributed by atoms with E-state index in [9.17, 15) is 4.39 Å². The molecule has 0 spiro atoms. The van der Waals surface area contributed by atoms with Gasteiger partial charge in [0, 0.05) is 25.7 Å². The number of benzene rings is 1. The molecule has 0 unspecified atom stereocenters. The number of rotatable bonds is 3. The Labute approximate surface area is 129 Å². The number of nitrogens with one attached hydrogen (secondary N) is 1. The minimum atomic E-state index is -0.398. The van der Waals surface area contributed by atoms with Crippen LogP contribution in [0.4, 0.5) is 10.2 Å². The molecule has 2 heterocycles. The summed E-state index contributed by atoms with van der Waals surface area (Å²) in [5.41, 5.74) is 0.935. The standard InChI is InChI=1S/C16H19FN4O/c1-12-3-4-13(17)14(9-12)22-16-10-15(19-11-20-16)21-7-2-5-18-6-8-21/h3-4,9-11,18H,2,5-8H2,1H3. The Balaban J connectivity index is 1.80.